The topological polar surface area (TPSA) is 12.0 Å². The van der Waals surface area contributed by atoms with Crippen molar-refractivity contribution in [2.45, 2.75) is 57.9 Å². The minimum absolute atomic E-state index is 0.886. The normalized spacial score (nSPS) is 18.3. The second-order valence-corrected chi connectivity index (χ2v) is 3.64. The van der Waals surface area contributed by atoms with Gasteiger partial charge in [0, 0.05) is 6.04 Å². The Morgan fingerprint density at radius 3 is 2.55 bits per heavy atom. The van der Waals surface area contributed by atoms with Gasteiger partial charge in [0.1, 0.15) is 0 Å². The van der Waals surface area contributed by atoms with Gasteiger partial charge in [-0.1, -0.05) is 32.6 Å². The van der Waals surface area contributed by atoms with Crippen LogP contribution in [0.4, 0.5) is 0 Å². The molecule has 1 heteroatoms. The Bertz CT molecular complexity index is 86.9. The van der Waals surface area contributed by atoms with Crippen molar-refractivity contribution in [1.82, 2.24) is 5.32 Å². The number of hydrogen-bond acceptors (Lipinski definition) is 1. The van der Waals surface area contributed by atoms with Crippen LogP contribution in [0.3, 0.4) is 0 Å². The number of nitrogens with one attached hydrogen (secondary N) is 1. The van der Waals surface area contributed by atoms with Crippen molar-refractivity contribution in [1.29, 1.82) is 0 Å². The zero-order valence-corrected chi connectivity index (χ0v) is 7.73. The summed E-state index contributed by atoms with van der Waals surface area (Å²) in [7, 11) is 0. The van der Waals surface area contributed by atoms with Crippen molar-refractivity contribution >= 4 is 0 Å². The highest BCUT2D eigenvalue weighted by Gasteiger charge is 2.15. The maximum atomic E-state index is 3.58. The Morgan fingerprint density at radius 2 is 2.00 bits per heavy atom. The monoisotopic (exact) mass is 155 g/mol. The SMILES string of the molecule is CCCCCCNC1CCC1. The van der Waals surface area contributed by atoms with Gasteiger partial charge in [0.25, 0.3) is 0 Å². The molecule has 0 aliphatic heterocycles. The molecule has 0 heterocycles. The van der Waals surface area contributed by atoms with Crippen molar-refractivity contribution in [2.24, 2.45) is 0 Å². The van der Waals surface area contributed by atoms with Gasteiger partial charge in [0.05, 0.1) is 0 Å². The van der Waals surface area contributed by atoms with Crippen LogP contribution in [0.2, 0.25) is 0 Å². The van der Waals surface area contributed by atoms with Gasteiger partial charge < -0.3 is 5.32 Å². The van der Waals surface area contributed by atoms with E-state index < -0.39 is 0 Å². The fourth-order valence-electron chi connectivity index (χ4n) is 1.47. The fraction of sp³-hybridized carbons (Fsp3) is 1.00. The first kappa shape index (κ1) is 9.05. The average Bonchev–Trinajstić information content (AvgIpc) is 1.93. The van der Waals surface area contributed by atoms with Gasteiger partial charge in [-0.05, 0) is 25.8 Å². The van der Waals surface area contributed by atoms with E-state index in [1.54, 1.807) is 0 Å². The molecule has 1 saturated carbocycles. The highest BCUT2D eigenvalue weighted by atomic mass is 14.9. The first-order valence-electron chi connectivity index (χ1n) is 5.17. The van der Waals surface area contributed by atoms with Crippen molar-refractivity contribution in [3.63, 3.8) is 0 Å². The molecule has 0 radical (unpaired) electrons. The molecule has 0 amide bonds. The van der Waals surface area contributed by atoms with Crippen LogP contribution in [-0.2, 0) is 0 Å². The van der Waals surface area contributed by atoms with Gasteiger partial charge >= 0.3 is 0 Å². The molecular weight excluding hydrogens is 134 g/mol. The molecule has 1 N–H and O–H groups in total. The minimum atomic E-state index is 0.886. The van der Waals surface area contributed by atoms with Crippen molar-refractivity contribution in [2.75, 3.05) is 6.54 Å². The summed E-state index contributed by atoms with van der Waals surface area (Å²) in [6.45, 7) is 3.52. The molecule has 1 aliphatic carbocycles. The number of unbranched alkanes of at least 4 members (excludes halogenated alkanes) is 3. The second-order valence-electron chi connectivity index (χ2n) is 3.64. The maximum absolute atomic E-state index is 3.58. The summed E-state index contributed by atoms with van der Waals surface area (Å²) in [5.41, 5.74) is 0. The first-order valence-corrected chi connectivity index (χ1v) is 5.17. The Balaban J connectivity index is 1.73. The summed E-state index contributed by atoms with van der Waals surface area (Å²) in [4.78, 5) is 0. The summed E-state index contributed by atoms with van der Waals surface area (Å²) in [5.74, 6) is 0. The maximum Gasteiger partial charge on any atom is 0.00670 e. The Kier molecular flexibility index (Phi) is 4.60. The van der Waals surface area contributed by atoms with Gasteiger partial charge in [-0.25, -0.2) is 0 Å². The van der Waals surface area contributed by atoms with E-state index in [1.807, 2.05) is 0 Å². The van der Waals surface area contributed by atoms with E-state index in [9.17, 15) is 0 Å². The summed E-state index contributed by atoms with van der Waals surface area (Å²) in [5, 5.41) is 3.58. The number of rotatable bonds is 6. The molecule has 66 valence electrons. The summed E-state index contributed by atoms with van der Waals surface area (Å²) >= 11 is 0. The third-order valence-electron chi connectivity index (χ3n) is 2.57. The molecule has 0 atom stereocenters. The zero-order chi connectivity index (χ0) is 7.94. The van der Waals surface area contributed by atoms with Crippen molar-refractivity contribution in [3.8, 4) is 0 Å². The van der Waals surface area contributed by atoms with Crippen LogP contribution >= 0.6 is 0 Å². The Labute approximate surface area is 70.6 Å². The molecule has 0 saturated heterocycles. The molecule has 0 aromatic carbocycles. The Hall–Kier alpha value is -0.0400. The molecule has 1 nitrogen and oxygen atoms in total. The lowest BCUT2D eigenvalue weighted by molar-refractivity contribution is 0.337. The van der Waals surface area contributed by atoms with Gasteiger partial charge in [0.15, 0.2) is 0 Å². The molecular formula is C10H21N. The fourth-order valence-corrected chi connectivity index (χ4v) is 1.47. The molecule has 0 aromatic heterocycles. The lowest BCUT2D eigenvalue weighted by Gasteiger charge is -2.26. The lowest BCUT2D eigenvalue weighted by Crippen LogP contribution is -2.35. The van der Waals surface area contributed by atoms with Crippen LogP contribution in [0.25, 0.3) is 0 Å². The summed E-state index contributed by atoms with van der Waals surface area (Å²) in [6, 6.07) is 0.886. The van der Waals surface area contributed by atoms with Crippen LogP contribution in [0, 0.1) is 0 Å². The molecule has 0 spiro atoms. The van der Waals surface area contributed by atoms with E-state index in [2.05, 4.69) is 12.2 Å². The second kappa shape index (κ2) is 5.59. The van der Waals surface area contributed by atoms with E-state index in [0.29, 0.717) is 0 Å². The van der Waals surface area contributed by atoms with E-state index in [1.165, 1.54) is 51.5 Å². The summed E-state index contributed by atoms with van der Waals surface area (Å²) < 4.78 is 0. The van der Waals surface area contributed by atoms with Gasteiger partial charge in [-0.15, -0.1) is 0 Å². The van der Waals surface area contributed by atoms with Crippen molar-refractivity contribution < 1.29 is 0 Å². The quantitative estimate of drug-likeness (QED) is 0.581. The minimum Gasteiger partial charge on any atom is -0.314 e. The largest absolute Gasteiger partial charge is 0.314 e. The predicted octanol–water partition coefficient (Wildman–Crippen LogP) is 2.71. The highest BCUT2D eigenvalue weighted by molar-refractivity contribution is 4.75. The molecule has 0 unspecified atom stereocenters. The third kappa shape index (κ3) is 3.76. The van der Waals surface area contributed by atoms with Crippen LogP contribution in [-0.4, -0.2) is 12.6 Å². The summed E-state index contributed by atoms with van der Waals surface area (Å²) in [6.07, 6.45) is 9.85. The van der Waals surface area contributed by atoms with E-state index in [4.69, 9.17) is 0 Å². The van der Waals surface area contributed by atoms with E-state index >= 15 is 0 Å². The average molecular weight is 155 g/mol. The molecule has 1 fully saturated rings. The first-order chi connectivity index (χ1) is 5.43. The molecule has 1 aliphatic rings. The van der Waals surface area contributed by atoms with Crippen LogP contribution < -0.4 is 5.32 Å². The predicted molar refractivity (Wildman–Crippen MR) is 49.8 cm³/mol. The number of hydrogen-bond donors (Lipinski definition) is 1. The van der Waals surface area contributed by atoms with Crippen molar-refractivity contribution in [3.05, 3.63) is 0 Å². The zero-order valence-electron chi connectivity index (χ0n) is 7.73. The van der Waals surface area contributed by atoms with Crippen LogP contribution in [0.15, 0.2) is 0 Å². The van der Waals surface area contributed by atoms with E-state index in [-0.39, 0.29) is 0 Å². The Morgan fingerprint density at radius 1 is 1.18 bits per heavy atom. The van der Waals surface area contributed by atoms with E-state index in [0.717, 1.165) is 6.04 Å². The smallest absolute Gasteiger partial charge is 0.00670 e. The van der Waals surface area contributed by atoms with Gasteiger partial charge in [-0.3, -0.25) is 0 Å². The molecule has 11 heavy (non-hydrogen) atoms. The standard InChI is InChI=1S/C10H21N/c1-2-3-4-5-9-11-10-7-6-8-10/h10-11H,2-9H2,1H3. The van der Waals surface area contributed by atoms with Crippen LogP contribution in [0.1, 0.15) is 51.9 Å². The molecule has 0 aromatic rings. The molecule has 0 bridgehead atoms. The molecule has 1 rings (SSSR count). The lowest BCUT2D eigenvalue weighted by atomic mass is 9.93. The highest BCUT2D eigenvalue weighted by Crippen LogP contribution is 2.17. The third-order valence-corrected chi connectivity index (χ3v) is 2.57. The van der Waals surface area contributed by atoms with Gasteiger partial charge in [0.2, 0.25) is 0 Å². The van der Waals surface area contributed by atoms with Crippen LogP contribution in [0.5, 0.6) is 0 Å². The van der Waals surface area contributed by atoms with Gasteiger partial charge in [-0.2, -0.15) is 0 Å².